The van der Waals surface area contributed by atoms with Crippen LogP contribution in [-0.4, -0.2) is 40.5 Å². The van der Waals surface area contributed by atoms with Crippen LogP contribution in [0.2, 0.25) is 0 Å². The number of aliphatic imine (C=N–C) groups is 1. The maximum absolute atomic E-state index is 14.4. The monoisotopic (exact) mass is 614 g/mol. The summed E-state index contributed by atoms with van der Waals surface area (Å²) in [6.45, 7) is 5.50. The van der Waals surface area contributed by atoms with Crippen LogP contribution >= 0.6 is 0 Å². The Kier molecular flexibility index (Phi) is 9.49. The molecule has 1 spiro atoms. The Hall–Kier alpha value is -3.86. The summed E-state index contributed by atoms with van der Waals surface area (Å²) in [5, 5.41) is 6.00. The van der Waals surface area contributed by atoms with Crippen LogP contribution in [0.5, 0.6) is 0 Å². The summed E-state index contributed by atoms with van der Waals surface area (Å²) in [5.41, 5.74) is 4.80. The van der Waals surface area contributed by atoms with Gasteiger partial charge in [0.2, 0.25) is 0 Å². The summed E-state index contributed by atoms with van der Waals surface area (Å²) in [6, 6.07) is 9.41. The SMILES string of the molecule is N.[2H]C([2H])([2H])C(C)(C)C1CCC2(CC1)N=C(c1cc(F)cc(F)c1)C(=O)N2[C@H](CCC(C)C)c1ccc(C(=O)NC/C(N)=N/N)cc1. The molecule has 0 aromatic heterocycles. The molecular formula is C33H47F2N7O2. The highest BCUT2D eigenvalue weighted by atomic mass is 19.1. The van der Waals surface area contributed by atoms with Crippen molar-refractivity contribution in [2.75, 3.05) is 6.54 Å². The molecule has 0 bridgehead atoms. The van der Waals surface area contributed by atoms with Crippen molar-refractivity contribution in [2.24, 2.45) is 38.9 Å². The average molecular weight is 615 g/mol. The Morgan fingerprint density at radius 3 is 2.32 bits per heavy atom. The number of nitrogens with zero attached hydrogens (tertiary/aromatic N) is 3. The van der Waals surface area contributed by atoms with Crippen molar-refractivity contribution >= 4 is 23.4 Å². The quantitative estimate of drug-likeness (QED) is 0.121. The molecule has 8 N–H and O–H groups in total. The number of carbonyl (C=O) groups is 2. The number of nitrogens with one attached hydrogen (secondary N) is 1. The molecule has 11 heteroatoms. The van der Waals surface area contributed by atoms with Crippen molar-refractivity contribution in [3.8, 4) is 0 Å². The Labute approximate surface area is 263 Å². The minimum Gasteiger partial charge on any atom is -0.384 e. The van der Waals surface area contributed by atoms with Gasteiger partial charge in [0.15, 0.2) is 0 Å². The fourth-order valence-electron chi connectivity index (χ4n) is 6.19. The van der Waals surface area contributed by atoms with Gasteiger partial charge in [0.1, 0.15) is 28.8 Å². The van der Waals surface area contributed by atoms with Crippen molar-refractivity contribution in [2.45, 2.75) is 84.8 Å². The molecule has 2 amide bonds. The van der Waals surface area contributed by atoms with Gasteiger partial charge >= 0.3 is 0 Å². The third kappa shape index (κ3) is 7.61. The molecule has 0 radical (unpaired) electrons. The van der Waals surface area contributed by atoms with Gasteiger partial charge < -0.3 is 27.9 Å². The van der Waals surface area contributed by atoms with Gasteiger partial charge in [0.25, 0.3) is 11.8 Å². The van der Waals surface area contributed by atoms with Gasteiger partial charge in [-0.15, -0.1) is 0 Å². The van der Waals surface area contributed by atoms with Crippen LogP contribution in [0.15, 0.2) is 52.6 Å². The summed E-state index contributed by atoms with van der Waals surface area (Å²) in [6.07, 6.45) is 3.15. The van der Waals surface area contributed by atoms with Crippen LogP contribution in [0.3, 0.4) is 0 Å². The fourth-order valence-corrected chi connectivity index (χ4v) is 6.19. The van der Waals surface area contributed by atoms with Gasteiger partial charge in [-0.25, -0.2) is 8.78 Å². The lowest BCUT2D eigenvalue weighted by Crippen LogP contribution is -2.51. The minimum atomic E-state index is -2.17. The lowest BCUT2D eigenvalue weighted by atomic mass is 9.69. The van der Waals surface area contributed by atoms with E-state index in [-0.39, 0.29) is 41.6 Å². The second-order valence-electron chi connectivity index (χ2n) is 12.7. The molecule has 1 atom stereocenters. The molecule has 9 nitrogen and oxygen atoms in total. The van der Waals surface area contributed by atoms with E-state index in [4.69, 9.17) is 20.7 Å². The third-order valence-electron chi connectivity index (χ3n) is 8.62. The number of halogens is 2. The molecule has 2 aromatic rings. The molecule has 0 saturated heterocycles. The Bertz CT molecular complexity index is 1480. The summed E-state index contributed by atoms with van der Waals surface area (Å²) < 4.78 is 53.1. The lowest BCUT2D eigenvalue weighted by molar-refractivity contribution is -0.133. The van der Waals surface area contributed by atoms with E-state index >= 15 is 0 Å². The Balaban J connectivity index is 0.00000600. The van der Waals surface area contributed by atoms with E-state index in [1.165, 1.54) is 0 Å². The second kappa shape index (κ2) is 13.8. The zero-order valence-electron chi connectivity index (χ0n) is 29.0. The van der Waals surface area contributed by atoms with E-state index in [1.807, 2.05) is 0 Å². The number of hydrogen-bond acceptors (Lipinski definition) is 6. The largest absolute Gasteiger partial charge is 0.384 e. The van der Waals surface area contributed by atoms with Crippen molar-refractivity contribution < 1.29 is 22.5 Å². The third-order valence-corrected chi connectivity index (χ3v) is 8.62. The van der Waals surface area contributed by atoms with Crippen LogP contribution in [0.25, 0.3) is 0 Å². The molecule has 2 aliphatic rings. The number of amidine groups is 1. The van der Waals surface area contributed by atoms with Crippen LogP contribution in [-0.2, 0) is 4.79 Å². The summed E-state index contributed by atoms with van der Waals surface area (Å²) in [5.74, 6) is 2.95. The first-order valence-corrected chi connectivity index (χ1v) is 14.8. The standard InChI is InChI=1S/C33H44F2N6O2.H3N/c1-20(2)6-11-27(21-7-9-22(10-8-21)30(42)38-19-28(36)40-37)41-31(43)29(23-16-25(34)18-26(35)17-23)39-33(41)14-12-24(13-15-33)32(3,4)5;/h7-10,16-18,20,24,27H,6,11-15,19,37H2,1-5H3,(H2,36,40)(H,38,42);1H3/t24?,27-,33?;/m1./s1/i3D3;. The van der Waals surface area contributed by atoms with Gasteiger partial charge in [0.05, 0.1) is 12.6 Å². The number of hydrogen-bond donors (Lipinski definition) is 4. The molecule has 44 heavy (non-hydrogen) atoms. The predicted molar refractivity (Wildman–Crippen MR) is 170 cm³/mol. The van der Waals surface area contributed by atoms with Crippen LogP contribution in [0.4, 0.5) is 8.78 Å². The van der Waals surface area contributed by atoms with Gasteiger partial charge in [-0.2, -0.15) is 5.10 Å². The number of benzene rings is 2. The first-order valence-electron chi connectivity index (χ1n) is 16.3. The average Bonchev–Trinajstić information content (AvgIpc) is 3.26. The highest BCUT2D eigenvalue weighted by Gasteiger charge is 2.52. The van der Waals surface area contributed by atoms with Crippen LogP contribution in [0.1, 0.15) is 105 Å². The molecule has 0 unspecified atom stereocenters. The predicted octanol–water partition coefficient (Wildman–Crippen LogP) is 5.83. The van der Waals surface area contributed by atoms with E-state index in [2.05, 4.69) is 24.3 Å². The highest BCUT2D eigenvalue weighted by molar-refractivity contribution is 6.46. The fraction of sp³-hybridized carbons (Fsp3) is 0.515. The van der Waals surface area contributed by atoms with Gasteiger partial charge in [-0.05, 0) is 85.6 Å². The van der Waals surface area contributed by atoms with Crippen LogP contribution in [0, 0.1) is 28.9 Å². The van der Waals surface area contributed by atoms with Crippen molar-refractivity contribution in [1.82, 2.24) is 16.4 Å². The number of amides is 2. The van der Waals surface area contributed by atoms with Crippen molar-refractivity contribution in [1.29, 1.82) is 0 Å². The molecule has 1 saturated carbocycles. The van der Waals surface area contributed by atoms with E-state index in [1.54, 1.807) is 43.0 Å². The van der Waals surface area contributed by atoms with Crippen molar-refractivity contribution in [3.63, 3.8) is 0 Å². The van der Waals surface area contributed by atoms with E-state index in [9.17, 15) is 18.4 Å². The summed E-state index contributed by atoms with van der Waals surface area (Å²) in [4.78, 5) is 33.8. The molecule has 2 aromatic carbocycles. The topological polar surface area (TPSA) is 161 Å². The summed E-state index contributed by atoms with van der Waals surface area (Å²) >= 11 is 0. The maximum Gasteiger partial charge on any atom is 0.275 e. The van der Waals surface area contributed by atoms with E-state index in [0.29, 0.717) is 43.6 Å². The van der Waals surface area contributed by atoms with Crippen LogP contribution < -0.4 is 23.0 Å². The van der Waals surface area contributed by atoms with E-state index < -0.39 is 41.5 Å². The second-order valence-corrected chi connectivity index (χ2v) is 12.7. The molecule has 1 aliphatic heterocycles. The molecule has 1 fully saturated rings. The zero-order chi connectivity index (χ0) is 34.0. The highest BCUT2D eigenvalue weighted by Crippen LogP contribution is 2.50. The lowest BCUT2D eigenvalue weighted by Gasteiger charge is -2.47. The van der Waals surface area contributed by atoms with Gasteiger partial charge in [-0.1, -0.05) is 46.7 Å². The smallest absolute Gasteiger partial charge is 0.275 e. The van der Waals surface area contributed by atoms with Gasteiger partial charge in [0, 0.05) is 21.3 Å². The van der Waals surface area contributed by atoms with Crippen molar-refractivity contribution in [3.05, 3.63) is 70.8 Å². The maximum atomic E-state index is 14.4. The van der Waals surface area contributed by atoms with Gasteiger partial charge in [-0.3, -0.25) is 14.6 Å². The number of nitrogens with two attached hydrogens (primary N) is 2. The molecule has 1 aliphatic carbocycles. The first-order chi connectivity index (χ1) is 21.5. The minimum absolute atomic E-state index is 0. The molecule has 4 rings (SSSR count). The molecule has 1 heterocycles. The number of hydrazone groups is 1. The summed E-state index contributed by atoms with van der Waals surface area (Å²) in [7, 11) is 0. The Morgan fingerprint density at radius 1 is 1.16 bits per heavy atom. The molecular weight excluding hydrogens is 564 g/mol. The normalized spacial score (nSPS) is 22.6. The number of carbonyl (C=O) groups excluding carboxylic acids is 2. The Morgan fingerprint density at radius 2 is 1.77 bits per heavy atom. The molecule has 240 valence electrons. The zero-order valence-corrected chi connectivity index (χ0v) is 26.0. The van der Waals surface area contributed by atoms with E-state index in [0.717, 1.165) is 30.2 Å². The first kappa shape index (κ1) is 30.2. The number of rotatable bonds is 9.